The number of nitrogens with zero attached hydrogens (tertiary/aromatic N) is 1. The Hall–Kier alpha value is -3.68. The summed E-state index contributed by atoms with van der Waals surface area (Å²) in [4.78, 5) is 41.9. The predicted molar refractivity (Wildman–Crippen MR) is 130 cm³/mol. The van der Waals surface area contributed by atoms with Crippen LogP contribution in [0.25, 0.3) is 0 Å². The summed E-state index contributed by atoms with van der Waals surface area (Å²) in [6.07, 6.45) is 0. The Bertz CT molecular complexity index is 1340. The molecule has 4 atom stereocenters. The van der Waals surface area contributed by atoms with Crippen LogP contribution in [0.15, 0.2) is 72.8 Å². The normalized spacial score (nSPS) is 25.6. The largest absolute Gasteiger partial charge is 0.496 e. The van der Waals surface area contributed by atoms with Crippen LogP contribution in [-0.2, 0) is 19.9 Å². The molecule has 0 aromatic heterocycles. The third-order valence-electron chi connectivity index (χ3n) is 7.01. The molecule has 0 bridgehead atoms. The topological polar surface area (TPSA) is 95.9 Å². The van der Waals surface area contributed by atoms with E-state index >= 15 is 0 Å². The number of halogens is 1. The molecule has 8 heteroatoms. The Labute approximate surface area is 207 Å². The van der Waals surface area contributed by atoms with E-state index in [-0.39, 0.29) is 0 Å². The van der Waals surface area contributed by atoms with Gasteiger partial charge in [-0.1, -0.05) is 66.2 Å². The zero-order chi connectivity index (χ0) is 24.9. The highest BCUT2D eigenvalue weighted by Gasteiger charge is 2.69. The second kappa shape index (κ2) is 8.52. The number of rotatable bonds is 5. The van der Waals surface area contributed by atoms with E-state index < -0.39 is 41.2 Å². The van der Waals surface area contributed by atoms with E-state index in [1.54, 1.807) is 72.8 Å². The number of carboxylic acids is 1. The van der Waals surface area contributed by atoms with Crippen LogP contribution in [0, 0.1) is 18.8 Å². The van der Waals surface area contributed by atoms with E-state index in [9.17, 15) is 19.5 Å². The van der Waals surface area contributed by atoms with Gasteiger partial charge in [0.15, 0.2) is 5.54 Å². The maximum absolute atomic E-state index is 13.9. The first-order valence-corrected chi connectivity index (χ1v) is 11.5. The summed E-state index contributed by atoms with van der Waals surface area (Å²) in [5, 5.41) is 14.2. The van der Waals surface area contributed by atoms with Gasteiger partial charge in [-0.2, -0.15) is 0 Å². The molecule has 0 radical (unpaired) electrons. The van der Waals surface area contributed by atoms with Crippen LogP contribution in [0.5, 0.6) is 5.75 Å². The summed E-state index contributed by atoms with van der Waals surface area (Å²) in [6, 6.07) is 19.8. The van der Waals surface area contributed by atoms with Crippen molar-refractivity contribution in [1.82, 2.24) is 5.32 Å². The third kappa shape index (κ3) is 3.34. The van der Waals surface area contributed by atoms with Crippen LogP contribution in [-0.4, -0.2) is 30.0 Å². The molecule has 2 fully saturated rings. The molecule has 2 aliphatic heterocycles. The van der Waals surface area contributed by atoms with E-state index in [0.717, 1.165) is 10.5 Å². The van der Waals surface area contributed by atoms with Crippen molar-refractivity contribution in [2.75, 3.05) is 12.0 Å². The van der Waals surface area contributed by atoms with Crippen LogP contribution in [0.2, 0.25) is 5.02 Å². The van der Waals surface area contributed by atoms with Crippen LogP contribution in [0.4, 0.5) is 5.69 Å². The predicted octanol–water partition coefficient (Wildman–Crippen LogP) is 4.09. The Morgan fingerprint density at radius 2 is 1.71 bits per heavy atom. The van der Waals surface area contributed by atoms with Gasteiger partial charge in [0.2, 0.25) is 11.8 Å². The molecule has 4 unspecified atom stereocenters. The number of carboxylic acid groups (broad SMARTS) is 1. The lowest BCUT2D eigenvalue weighted by Gasteiger charge is -2.32. The summed E-state index contributed by atoms with van der Waals surface area (Å²) >= 11 is 6.30. The van der Waals surface area contributed by atoms with Crippen molar-refractivity contribution < 1.29 is 24.2 Å². The molecule has 35 heavy (non-hydrogen) atoms. The summed E-state index contributed by atoms with van der Waals surface area (Å²) in [7, 11) is 1.51. The molecule has 5 rings (SSSR count). The number of hydrogen-bond donors (Lipinski definition) is 2. The second-order valence-corrected chi connectivity index (χ2v) is 9.20. The second-order valence-electron chi connectivity index (χ2n) is 8.79. The van der Waals surface area contributed by atoms with Crippen molar-refractivity contribution in [3.05, 3.63) is 94.5 Å². The van der Waals surface area contributed by atoms with E-state index in [1.165, 1.54) is 7.11 Å². The average molecular weight is 491 g/mol. The fourth-order valence-corrected chi connectivity index (χ4v) is 5.53. The van der Waals surface area contributed by atoms with E-state index in [4.69, 9.17) is 16.3 Å². The highest BCUT2D eigenvalue weighted by Crippen LogP contribution is 2.54. The minimum atomic E-state index is -1.83. The Morgan fingerprint density at radius 1 is 1.03 bits per heavy atom. The van der Waals surface area contributed by atoms with Gasteiger partial charge in [0.1, 0.15) is 5.75 Å². The number of para-hydroxylation sites is 1. The molecule has 2 heterocycles. The van der Waals surface area contributed by atoms with Gasteiger partial charge < -0.3 is 9.84 Å². The van der Waals surface area contributed by atoms with E-state index in [2.05, 4.69) is 5.32 Å². The van der Waals surface area contributed by atoms with Gasteiger partial charge in [0.05, 0.1) is 24.6 Å². The number of amides is 2. The lowest BCUT2D eigenvalue weighted by molar-refractivity contribution is -0.149. The zero-order valence-corrected chi connectivity index (χ0v) is 19.8. The van der Waals surface area contributed by atoms with Crippen molar-refractivity contribution in [1.29, 1.82) is 0 Å². The van der Waals surface area contributed by atoms with Gasteiger partial charge >= 0.3 is 5.97 Å². The Morgan fingerprint density at radius 3 is 2.37 bits per heavy atom. The zero-order valence-electron chi connectivity index (χ0n) is 19.1. The molecule has 3 aromatic carbocycles. The number of imide groups is 1. The van der Waals surface area contributed by atoms with Gasteiger partial charge in [-0.15, -0.1) is 0 Å². The molecular weight excluding hydrogens is 468 g/mol. The Kier molecular flexibility index (Phi) is 5.62. The number of carbonyl (C=O) groups excluding carboxylic acids is 2. The van der Waals surface area contributed by atoms with Crippen LogP contribution in [0.1, 0.15) is 22.7 Å². The Balaban J connectivity index is 1.74. The number of hydrogen-bond acceptors (Lipinski definition) is 5. The average Bonchev–Trinajstić information content (AvgIpc) is 3.36. The molecule has 3 aromatic rings. The van der Waals surface area contributed by atoms with Crippen LogP contribution < -0.4 is 15.0 Å². The lowest BCUT2D eigenvalue weighted by atomic mass is 9.75. The number of ether oxygens (including phenoxy) is 1. The van der Waals surface area contributed by atoms with Crippen LogP contribution >= 0.6 is 11.6 Å². The number of methoxy groups -OCH3 is 1. The van der Waals surface area contributed by atoms with Crippen molar-refractivity contribution in [3.63, 3.8) is 0 Å². The SMILES string of the molecule is COc1ccccc1C1NC(C(=O)O)(c2ccccc2)C2C(=O)N(c3ccc(C)c(Cl)c3)C(=O)C12. The maximum Gasteiger partial charge on any atom is 0.329 e. The molecule has 2 N–H and O–H groups in total. The molecule has 2 aliphatic rings. The van der Waals surface area contributed by atoms with Gasteiger partial charge in [-0.3, -0.25) is 14.9 Å². The number of aryl methyl sites for hydroxylation is 1. The molecule has 178 valence electrons. The van der Waals surface area contributed by atoms with Crippen molar-refractivity contribution in [2.45, 2.75) is 18.5 Å². The fraction of sp³-hybridized carbons (Fsp3) is 0.222. The molecule has 0 spiro atoms. The lowest BCUT2D eigenvalue weighted by Crippen LogP contribution is -2.53. The number of aliphatic carboxylic acids is 1. The number of benzene rings is 3. The molecule has 0 saturated carbocycles. The smallest absolute Gasteiger partial charge is 0.329 e. The van der Waals surface area contributed by atoms with Crippen molar-refractivity contribution >= 4 is 35.1 Å². The summed E-state index contributed by atoms with van der Waals surface area (Å²) < 4.78 is 5.53. The first kappa shape index (κ1) is 23.1. The first-order chi connectivity index (χ1) is 16.8. The third-order valence-corrected chi connectivity index (χ3v) is 7.42. The van der Waals surface area contributed by atoms with Gasteiger partial charge in [0, 0.05) is 16.6 Å². The highest BCUT2D eigenvalue weighted by atomic mass is 35.5. The van der Waals surface area contributed by atoms with Gasteiger partial charge in [0.25, 0.3) is 0 Å². The molecule has 2 amide bonds. The standard InChI is InChI=1S/C27H23ClN2O5/c1-15-12-13-17(14-19(15)28)30-24(31)21-22(25(30)32)27(26(33)34,16-8-4-3-5-9-16)29-23(21)18-10-6-7-11-20(18)35-2/h3-14,21-23,29H,1-2H3,(H,33,34). The summed E-state index contributed by atoms with van der Waals surface area (Å²) in [5.41, 5.74) is 0.287. The van der Waals surface area contributed by atoms with Crippen molar-refractivity contribution in [2.24, 2.45) is 11.8 Å². The molecule has 0 aliphatic carbocycles. The van der Waals surface area contributed by atoms with Crippen LogP contribution in [0.3, 0.4) is 0 Å². The molecule has 7 nitrogen and oxygen atoms in total. The van der Waals surface area contributed by atoms with E-state index in [0.29, 0.717) is 27.6 Å². The highest BCUT2D eigenvalue weighted by molar-refractivity contribution is 6.32. The number of anilines is 1. The molecular formula is C27H23ClN2O5. The minimum absolute atomic E-state index is 0.316. The van der Waals surface area contributed by atoms with Gasteiger partial charge in [-0.05, 0) is 36.2 Å². The van der Waals surface area contributed by atoms with Gasteiger partial charge in [-0.25, -0.2) is 9.69 Å². The number of carbonyl (C=O) groups is 3. The maximum atomic E-state index is 13.9. The fourth-order valence-electron chi connectivity index (χ4n) is 5.36. The van der Waals surface area contributed by atoms with E-state index in [1.807, 2.05) is 6.92 Å². The quantitative estimate of drug-likeness (QED) is 0.523. The molecule has 2 saturated heterocycles. The summed E-state index contributed by atoms with van der Waals surface area (Å²) in [6.45, 7) is 1.82. The first-order valence-electron chi connectivity index (χ1n) is 11.1. The number of fused-ring (bicyclic) bond motifs is 1. The minimum Gasteiger partial charge on any atom is -0.496 e. The number of nitrogens with one attached hydrogen (secondary N) is 1. The summed E-state index contributed by atoms with van der Waals surface area (Å²) in [5.74, 6) is -3.98. The monoisotopic (exact) mass is 490 g/mol. The van der Waals surface area contributed by atoms with Crippen molar-refractivity contribution in [3.8, 4) is 5.75 Å².